The summed E-state index contributed by atoms with van der Waals surface area (Å²) in [4.78, 5) is 38.0. The maximum Gasteiger partial charge on any atom is 0.411 e. The molecule has 0 aliphatic carbocycles. The molecule has 0 aromatic heterocycles. The highest BCUT2D eigenvalue weighted by molar-refractivity contribution is 6.08. The van der Waals surface area contributed by atoms with Crippen molar-refractivity contribution in [2.24, 2.45) is 5.92 Å². The summed E-state index contributed by atoms with van der Waals surface area (Å²) in [5.74, 6) is -1.50. The van der Waals surface area contributed by atoms with E-state index in [1.54, 1.807) is 13.0 Å². The maximum absolute atomic E-state index is 12.4. The number of Topliss-reactive ketones (excluding diaryl/α,β-unsaturated/α-hetero) is 1. The average molecular weight is 331 g/mol. The Kier molecular flexibility index (Phi) is 6.12. The van der Waals surface area contributed by atoms with E-state index < -0.39 is 24.0 Å². The Balaban J connectivity index is 2.08. The molecule has 2 rings (SSSR count). The second-order valence-electron chi connectivity index (χ2n) is 5.47. The standard InChI is InChI=1S/C18H21NO5/c1-3-8-14-11-19(15(16(14)20)17(21)23-4-2)18(22)24-12-13-9-6-5-7-10-13/h3,5-7,9-10,14-15H,1,4,8,11-12H2,2H3. The zero-order valence-corrected chi connectivity index (χ0v) is 13.6. The molecule has 1 amide bonds. The van der Waals surface area contributed by atoms with E-state index in [1.165, 1.54) is 0 Å². The molecule has 2 unspecified atom stereocenters. The number of carbonyl (C=O) groups is 3. The van der Waals surface area contributed by atoms with Crippen molar-refractivity contribution in [3.63, 3.8) is 0 Å². The van der Waals surface area contributed by atoms with Gasteiger partial charge in [0.2, 0.25) is 0 Å². The van der Waals surface area contributed by atoms with Crippen LogP contribution in [-0.4, -0.2) is 41.9 Å². The summed E-state index contributed by atoms with van der Waals surface area (Å²) < 4.78 is 10.2. The monoisotopic (exact) mass is 331 g/mol. The van der Waals surface area contributed by atoms with Gasteiger partial charge in [0, 0.05) is 12.5 Å². The lowest BCUT2D eigenvalue weighted by Crippen LogP contribution is -2.44. The molecule has 1 fully saturated rings. The summed E-state index contributed by atoms with van der Waals surface area (Å²) in [6.07, 6.45) is 1.30. The number of rotatable bonds is 6. The van der Waals surface area contributed by atoms with Crippen LogP contribution < -0.4 is 0 Å². The van der Waals surface area contributed by atoms with Gasteiger partial charge in [-0.25, -0.2) is 9.59 Å². The van der Waals surface area contributed by atoms with Crippen LogP contribution in [0.3, 0.4) is 0 Å². The SMILES string of the molecule is C=CCC1CN(C(=O)OCc2ccccc2)C(C(=O)OCC)C1=O. The Bertz CT molecular complexity index is 613. The molecule has 1 aliphatic rings. The Morgan fingerprint density at radius 1 is 1.29 bits per heavy atom. The van der Waals surface area contributed by atoms with Crippen molar-refractivity contribution in [2.45, 2.75) is 26.0 Å². The summed E-state index contributed by atoms with van der Waals surface area (Å²) in [6, 6.07) is 7.95. The highest BCUT2D eigenvalue weighted by Gasteiger charge is 2.48. The van der Waals surface area contributed by atoms with Gasteiger partial charge in [0.1, 0.15) is 6.61 Å². The van der Waals surface area contributed by atoms with Crippen molar-refractivity contribution < 1.29 is 23.9 Å². The van der Waals surface area contributed by atoms with Crippen molar-refractivity contribution in [3.8, 4) is 0 Å². The third-order valence-electron chi connectivity index (χ3n) is 3.80. The van der Waals surface area contributed by atoms with Crippen LogP contribution in [0.25, 0.3) is 0 Å². The number of nitrogens with zero attached hydrogens (tertiary/aromatic N) is 1. The summed E-state index contributed by atoms with van der Waals surface area (Å²) >= 11 is 0. The van der Waals surface area contributed by atoms with E-state index in [4.69, 9.17) is 9.47 Å². The van der Waals surface area contributed by atoms with Crippen molar-refractivity contribution in [1.82, 2.24) is 4.90 Å². The second kappa shape index (κ2) is 8.29. The molecular weight excluding hydrogens is 310 g/mol. The minimum absolute atomic E-state index is 0.0754. The first-order valence-corrected chi connectivity index (χ1v) is 7.87. The Hall–Kier alpha value is -2.63. The number of esters is 1. The van der Waals surface area contributed by atoms with Gasteiger partial charge >= 0.3 is 12.1 Å². The van der Waals surface area contributed by atoms with Gasteiger partial charge in [0.15, 0.2) is 11.8 Å². The Morgan fingerprint density at radius 3 is 2.62 bits per heavy atom. The van der Waals surface area contributed by atoms with E-state index >= 15 is 0 Å². The highest BCUT2D eigenvalue weighted by atomic mass is 16.6. The van der Waals surface area contributed by atoms with Gasteiger partial charge in [-0.05, 0) is 18.9 Å². The van der Waals surface area contributed by atoms with Gasteiger partial charge in [-0.3, -0.25) is 9.69 Å². The fourth-order valence-corrected chi connectivity index (χ4v) is 2.65. The third kappa shape index (κ3) is 4.01. The number of amides is 1. The van der Waals surface area contributed by atoms with E-state index in [9.17, 15) is 14.4 Å². The van der Waals surface area contributed by atoms with Gasteiger partial charge in [0.05, 0.1) is 6.61 Å². The smallest absolute Gasteiger partial charge is 0.411 e. The first kappa shape index (κ1) is 17.7. The molecule has 128 valence electrons. The predicted octanol–water partition coefficient (Wildman–Crippen LogP) is 2.33. The minimum atomic E-state index is -1.24. The van der Waals surface area contributed by atoms with E-state index in [0.717, 1.165) is 10.5 Å². The normalized spacial score (nSPS) is 19.9. The van der Waals surface area contributed by atoms with Crippen LogP contribution in [0.4, 0.5) is 4.79 Å². The van der Waals surface area contributed by atoms with Gasteiger partial charge in [-0.15, -0.1) is 6.58 Å². The lowest BCUT2D eigenvalue weighted by atomic mass is 10.0. The molecule has 0 spiro atoms. The lowest BCUT2D eigenvalue weighted by Gasteiger charge is -2.21. The summed E-state index contributed by atoms with van der Waals surface area (Å²) in [5.41, 5.74) is 0.826. The molecule has 0 radical (unpaired) electrons. The van der Waals surface area contributed by atoms with Crippen LogP contribution in [0.2, 0.25) is 0 Å². The first-order chi connectivity index (χ1) is 11.6. The Labute approximate surface area is 141 Å². The molecule has 1 saturated heterocycles. The molecule has 6 heteroatoms. The zero-order chi connectivity index (χ0) is 17.5. The van der Waals surface area contributed by atoms with Crippen molar-refractivity contribution in [1.29, 1.82) is 0 Å². The number of carbonyl (C=O) groups excluding carboxylic acids is 3. The number of allylic oxidation sites excluding steroid dienone is 1. The summed E-state index contributed by atoms with van der Waals surface area (Å²) in [5, 5.41) is 0. The number of hydrogen-bond donors (Lipinski definition) is 0. The van der Waals surface area contributed by atoms with Gasteiger partial charge in [-0.1, -0.05) is 36.4 Å². The molecular formula is C18H21NO5. The van der Waals surface area contributed by atoms with E-state index in [0.29, 0.717) is 6.42 Å². The topological polar surface area (TPSA) is 72.9 Å². The van der Waals surface area contributed by atoms with Crippen LogP contribution in [0.1, 0.15) is 18.9 Å². The largest absolute Gasteiger partial charge is 0.464 e. The average Bonchev–Trinajstić information content (AvgIpc) is 2.91. The van der Waals surface area contributed by atoms with E-state index in [1.807, 2.05) is 30.3 Å². The maximum atomic E-state index is 12.4. The fraction of sp³-hybridized carbons (Fsp3) is 0.389. The molecule has 0 N–H and O–H groups in total. The number of likely N-dealkylation sites (tertiary alicyclic amines) is 1. The molecule has 1 aliphatic heterocycles. The number of ketones is 1. The van der Waals surface area contributed by atoms with Crippen LogP contribution in [0.15, 0.2) is 43.0 Å². The lowest BCUT2D eigenvalue weighted by molar-refractivity contribution is -0.150. The van der Waals surface area contributed by atoms with Crippen molar-refractivity contribution >= 4 is 17.8 Å². The molecule has 0 saturated carbocycles. The third-order valence-corrected chi connectivity index (χ3v) is 3.80. The quantitative estimate of drug-likeness (QED) is 0.454. The first-order valence-electron chi connectivity index (χ1n) is 7.87. The molecule has 0 bridgehead atoms. The van der Waals surface area contributed by atoms with Gasteiger partial charge < -0.3 is 9.47 Å². The molecule has 24 heavy (non-hydrogen) atoms. The second-order valence-corrected chi connectivity index (χ2v) is 5.47. The highest BCUT2D eigenvalue weighted by Crippen LogP contribution is 2.25. The fourth-order valence-electron chi connectivity index (χ4n) is 2.65. The van der Waals surface area contributed by atoms with Crippen molar-refractivity contribution in [2.75, 3.05) is 13.2 Å². The molecule has 6 nitrogen and oxygen atoms in total. The minimum Gasteiger partial charge on any atom is -0.464 e. The Morgan fingerprint density at radius 2 is 2.00 bits per heavy atom. The summed E-state index contributed by atoms with van der Waals surface area (Å²) in [7, 11) is 0. The van der Waals surface area contributed by atoms with Crippen LogP contribution in [-0.2, 0) is 25.7 Å². The number of ether oxygens (including phenoxy) is 2. The number of hydrogen-bond acceptors (Lipinski definition) is 5. The van der Waals surface area contributed by atoms with Crippen molar-refractivity contribution in [3.05, 3.63) is 48.6 Å². The summed E-state index contributed by atoms with van der Waals surface area (Å²) in [6.45, 7) is 5.60. The zero-order valence-electron chi connectivity index (χ0n) is 13.6. The molecule has 1 heterocycles. The molecule has 1 aromatic rings. The van der Waals surface area contributed by atoms with E-state index in [-0.39, 0.29) is 25.5 Å². The van der Waals surface area contributed by atoms with Crippen LogP contribution in [0, 0.1) is 5.92 Å². The predicted molar refractivity (Wildman–Crippen MR) is 87.1 cm³/mol. The molecule has 2 atom stereocenters. The van der Waals surface area contributed by atoms with Crippen LogP contribution in [0.5, 0.6) is 0 Å². The van der Waals surface area contributed by atoms with Gasteiger partial charge in [-0.2, -0.15) is 0 Å². The number of benzene rings is 1. The van der Waals surface area contributed by atoms with E-state index in [2.05, 4.69) is 6.58 Å². The van der Waals surface area contributed by atoms with Gasteiger partial charge in [0.25, 0.3) is 0 Å². The van der Waals surface area contributed by atoms with Crippen LogP contribution >= 0.6 is 0 Å². The molecule has 1 aromatic carbocycles.